The average molecular weight is 390 g/mol. The van der Waals surface area contributed by atoms with Crippen molar-refractivity contribution in [2.45, 2.75) is 44.9 Å². The van der Waals surface area contributed by atoms with Crippen LogP contribution in [0.25, 0.3) is 5.57 Å². The molecule has 1 saturated carbocycles. The Bertz CT molecular complexity index is 952. The third-order valence-electron chi connectivity index (χ3n) is 5.36. The van der Waals surface area contributed by atoms with Gasteiger partial charge in [0, 0.05) is 43.7 Å². The summed E-state index contributed by atoms with van der Waals surface area (Å²) in [5, 5.41) is 7.29. The molecule has 1 aliphatic heterocycles. The number of hydrogen-bond acceptors (Lipinski definition) is 4. The van der Waals surface area contributed by atoms with Crippen LogP contribution >= 0.6 is 0 Å². The van der Waals surface area contributed by atoms with E-state index in [0.717, 1.165) is 41.2 Å². The number of ketones is 1. The number of carbonyl (C=O) groups excluding carboxylic acids is 2. The summed E-state index contributed by atoms with van der Waals surface area (Å²) in [6.07, 6.45) is 11.2. The number of pyridine rings is 1. The van der Waals surface area contributed by atoms with Gasteiger partial charge in [0.25, 0.3) is 0 Å². The van der Waals surface area contributed by atoms with Crippen molar-refractivity contribution in [1.29, 1.82) is 0 Å². The molecule has 0 bridgehead atoms. The van der Waals surface area contributed by atoms with E-state index in [9.17, 15) is 9.59 Å². The summed E-state index contributed by atoms with van der Waals surface area (Å²) >= 11 is 0. The van der Waals surface area contributed by atoms with Crippen LogP contribution in [0.3, 0.4) is 0 Å². The molecule has 29 heavy (non-hydrogen) atoms. The van der Waals surface area contributed by atoms with Gasteiger partial charge < -0.3 is 4.90 Å². The maximum absolute atomic E-state index is 12.4. The lowest BCUT2D eigenvalue weighted by Crippen LogP contribution is -2.34. The normalized spacial score (nSPS) is 16.9. The van der Waals surface area contributed by atoms with Gasteiger partial charge in [-0.3, -0.25) is 19.7 Å². The highest BCUT2D eigenvalue weighted by Gasteiger charge is 2.26. The maximum atomic E-state index is 12.4. The van der Waals surface area contributed by atoms with Gasteiger partial charge in [0.2, 0.25) is 5.91 Å². The lowest BCUT2D eigenvalue weighted by molar-refractivity contribution is -0.125. The number of rotatable bonds is 7. The van der Waals surface area contributed by atoms with E-state index in [1.165, 1.54) is 12.8 Å². The highest BCUT2D eigenvalue weighted by molar-refractivity contribution is 5.89. The van der Waals surface area contributed by atoms with E-state index < -0.39 is 0 Å². The highest BCUT2D eigenvalue weighted by Crippen LogP contribution is 2.39. The summed E-state index contributed by atoms with van der Waals surface area (Å²) in [6.45, 7) is 3.14. The Morgan fingerprint density at radius 3 is 2.86 bits per heavy atom. The van der Waals surface area contributed by atoms with Gasteiger partial charge in [0.05, 0.1) is 11.4 Å². The zero-order chi connectivity index (χ0) is 20.2. The molecule has 3 heterocycles. The van der Waals surface area contributed by atoms with Gasteiger partial charge in [-0.2, -0.15) is 5.10 Å². The Kier molecular flexibility index (Phi) is 5.69. The van der Waals surface area contributed by atoms with Crippen molar-refractivity contribution in [2.24, 2.45) is 0 Å². The predicted molar refractivity (Wildman–Crippen MR) is 111 cm³/mol. The molecule has 150 valence electrons. The second-order valence-corrected chi connectivity index (χ2v) is 7.81. The molecule has 6 heteroatoms. The van der Waals surface area contributed by atoms with Gasteiger partial charge in [0.1, 0.15) is 5.78 Å². The van der Waals surface area contributed by atoms with Crippen LogP contribution in [0.2, 0.25) is 0 Å². The van der Waals surface area contributed by atoms with E-state index in [4.69, 9.17) is 0 Å². The molecule has 0 atom stereocenters. The number of nitrogens with zero attached hydrogens (tertiary/aromatic N) is 3. The number of hydrogen-bond donors (Lipinski definition) is 1. The van der Waals surface area contributed by atoms with Crippen molar-refractivity contribution >= 4 is 17.3 Å². The second-order valence-electron chi connectivity index (χ2n) is 7.81. The molecule has 0 unspecified atom stereocenters. The SMILES string of the molecule is C/C=C/C(=O)N1CCC=C(c2ccc(CC(=O)Cc3cc(C4CC4)n[nH]3)cn2)C1. The van der Waals surface area contributed by atoms with Crippen molar-refractivity contribution in [2.75, 3.05) is 13.1 Å². The lowest BCUT2D eigenvalue weighted by atomic mass is 10.0. The minimum Gasteiger partial charge on any atom is -0.334 e. The fraction of sp³-hybridized carbons (Fsp3) is 0.391. The molecule has 0 spiro atoms. The van der Waals surface area contributed by atoms with E-state index >= 15 is 0 Å². The average Bonchev–Trinajstić information content (AvgIpc) is 3.48. The third-order valence-corrected chi connectivity index (χ3v) is 5.36. The van der Waals surface area contributed by atoms with Gasteiger partial charge >= 0.3 is 0 Å². The van der Waals surface area contributed by atoms with Gasteiger partial charge in [0.15, 0.2) is 0 Å². The molecule has 2 aliphatic rings. The fourth-order valence-corrected chi connectivity index (χ4v) is 3.65. The molecule has 1 fully saturated rings. The molecule has 2 aromatic heterocycles. The standard InChI is InChI=1S/C23H26N4O2/c1-2-4-23(29)27-10-3-5-18(15-27)21-9-6-16(14-24-21)11-20(28)12-19-13-22(26-25-19)17-7-8-17/h2,4-6,9,13-14,17H,3,7-8,10-12,15H2,1H3,(H,25,26)/b4-2+. The van der Waals surface area contributed by atoms with Gasteiger partial charge in [-0.1, -0.05) is 18.2 Å². The first kappa shape index (κ1) is 19.3. The van der Waals surface area contributed by atoms with Crippen LogP contribution in [0, 0.1) is 0 Å². The summed E-state index contributed by atoms with van der Waals surface area (Å²) in [6, 6.07) is 5.92. The zero-order valence-corrected chi connectivity index (χ0v) is 16.7. The number of allylic oxidation sites excluding steroid dienone is 1. The fourth-order valence-electron chi connectivity index (χ4n) is 3.65. The highest BCUT2D eigenvalue weighted by atomic mass is 16.2. The summed E-state index contributed by atoms with van der Waals surface area (Å²) < 4.78 is 0. The molecular weight excluding hydrogens is 364 g/mol. The molecule has 2 aromatic rings. The van der Waals surface area contributed by atoms with Crippen molar-refractivity contribution in [3.05, 3.63) is 65.3 Å². The number of nitrogens with one attached hydrogen (secondary N) is 1. The number of aromatic amines is 1. The van der Waals surface area contributed by atoms with Gasteiger partial charge in [-0.05, 0) is 55.5 Å². The minimum absolute atomic E-state index is 0.0315. The first-order valence-corrected chi connectivity index (χ1v) is 10.2. The van der Waals surface area contributed by atoms with Crippen LogP contribution in [0.5, 0.6) is 0 Å². The van der Waals surface area contributed by atoms with Crippen LogP contribution in [0.1, 0.15) is 54.7 Å². The minimum atomic E-state index is 0.0315. The molecule has 0 saturated heterocycles. The second kappa shape index (κ2) is 8.55. The van der Waals surface area contributed by atoms with E-state index in [0.29, 0.717) is 25.3 Å². The first-order chi connectivity index (χ1) is 14.1. The Hall–Kier alpha value is -3.02. The summed E-state index contributed by atoms with van der Waals surface area (Å²) in [5.74, 6) is 0.764. The van der Waals surface area contributed by atoms with Crippen molar-refractivity contribution in [1.82, 2.24) is 20.1 Å². The maximum Gasteiger partial charge on any atom is 0.246 e. The number of amides is 1. The molecule has 1 aliphatic carbocycles. The topological polar surface area (TPSA) is 79.0 Å². The van der Waals surface area contributed by atoms with Crippen LogP contribution in [0.15, 0.2) is 42.6 Å². The molecule has 0 aromatic carbocycles. The van der Waals surface area contributed by atoms with E-state index in [1.54, 1.807) is 18.3 Å². The van der Waals surface area contributed by atoms with Crippen molar-refractivity contribution in [3.63, 3.8) is 0 Å². The van der Waals surface area contributed by atoms with Gasteiger partial charge in [-0.15, -0.1) is 0 Å². The first-order valence-electron chi connectivity index (χ1n) is 10.2. The van der Waals surface area contributed by atoms with E-state index in [-0.39, 0.29) is 11.7 Å². The lowest BCUT2D eigenvalue weighted by Gasteiger charge is -2.26. The molecule has 1 N–H and O–H groups in total. The molecule has 1 amide bonds. The van der Waals surface area contributed by atoms with Crippen molar-refractivity contribution in [3.8, 4) is 0 Å². The predicted octanol–water partition coefficient (Wildman–Crippen LogP) is 3.23. The zero-order valence-electron chi connectivity index (χ0n) is 16.7. The summed E-state index contributed by atoms with van der Waals surface area (Å²) in [4.78, 5) is 30.9. The summed E-state index contributed by atoms with van der Waals surface area (Å²) in [5.41, 5.74) is 4.79. The van der Waals surface area contributed by atoms with Crippen molar-refractivity contribution < 1.29 is 9.59 Å². The third kappa shape index (κ3) is 4.88. The quantitative estimate of drug-likeness (QED) is 0.736. The van der Waals surface area contributed by atoms with E-state index in [1.807, 2.05) is 30.0 Å². The monoisotopic (exact) mass is 390 g/mol. The molecule has 6 nitrogen and oxygen atoms in total. The molecule has 4 rings (SSSR count). The van der Waals surface area contributed by atoms with Gasteiger partial charge in [-0.25, -0.2) is 0 Å². The number of carbonyl (C=O) groups is 2. The Morgan fingerprint density at radius 2 is 2.14 bits per heavy atom. The van der Waals surface area contributed by atoms with Crippen LogP contribution in [-0.4, -0.2) is 44.9 Å². The largest absolute Gasteiger partial charge is 0.334 e. The number of H-pyrrole nitrogens is 1. The van der Waals surface area contributed by atoms with Crippen LogP contribution < -0.4 is 0 Å². The number of Topliss-reactive ketones (excluding diaryl/α,β-unsaturated/α-hetero) is 1. The molecule has 0 radical (unpaired) electrons. The van der Waals surface area contributed by atoms with E-state index in [2.05, 4.69) is 21.3 Å². The summed E-state index contributed by atoms with van der Waals surface area (Å²) in [7, 11) is 0. The van der Waals surface area contributed by atoms with Crippen LogP contribution in [0.4, 0.5) is 0 Å². The molecular formula is C23H26N4O2. The smallest absolute Gasteiger partial charge is 0.246 e. The Balaban J connectivity index is 1.34. The van der Waals surface area contributed by atoms with Crippen LogP contribution in [-0.2, 0) is 22.4 Å². The number of aromatic nitrogens is 3. The Labute approximate surface area is 170 Å². The Morgan fingerprint density at radius 1 is 1.28 bits per heavy atom.